The van der Waals surface area contributed by atoms with Crippen LogP contribution in [0.2, 0.25) is 0 Å². The molecule has 0 saturated carbocycles. The van der Waals surface area contributed by atoms with Gasteiger partial charge in [-0.3, -0.25) is 0 Å². The Morgan fingerprint density at radius 1 is 1.14 bits per heavy atom. The smallest absolute Gasteiger partial charge is 0.124 e. The minimum Gasteiger partial charge on any atom is -0.489 e. The molecule has 0 heterocycles. The number of ether oxygens (including phenoxy) is 1. The van der Waals surface area contributed by atoms with Crippen LogP contribution in [0.25, 0.3) is 0 Å². The molecule has 0 unspecified atom stereocenters. The minimum absolute atomic E-state index is 0.304. The van der Waals surface area contributed by atoms with Crippen LogP contribution in [0.15, 0.2) is 61.2 Å². The molecule has 0 amide bonds. The van der Waals surface area contributed by atoms with Crippen LogP contribution in [-0.2, 0) is 6.54 Å². The van der Waals surface area contributed by atoms with Crippen LogP contribution in [0.3, 0.4) is 0 Å². The highest BCUT2D eigenvalue weighted by molar-refractivity contribution is 5.33. The summed E-state index contributed by atoms with van der Waals surface area (Å²) in [7, 11) is 0. The second kappa shape index (κ2) is 7.65. The Bertz CT molecular complexity index is 574. The molecular formula is C19H23NO. The first-order chi connectivity index (χ1) is 10.2. The summed E-state index contributed by atoms with van der Waals surface area (Å²) >= 11 is 0. The second-order valence-corrected chi connectivity index (χ2v) is 5.22. The number of aryl methyl sites for hydroxylation is 1. The number of hydrogen-bond donors (Lipinski definition) is 1. The third kappa shape index (κ3) is 4.47. The summed E-state index contributed by atoms with van der Waals surface area (Å²) in [6.07, 6.45) is 1.76. The van der Waals surface area contributed by atoms with Gasteiger partial charge in [0, 0.05) is 18.2 Å². The van der Waals surface area contributed by atoms with Gasteiger partial charge in [-0.2, -0.15) is 0 Å². The molecule has 0 aliphatic heterocycles. The van der Waals surface area contributed by atoms with Gasteiger partial charge in [0.15, 0.2) is 0 Å². The highest BCUT2D eigenvalue weighted by atomic mass is 16.5. The van der Waals surface area contributed by atoms with Gasteiger partial charge in [-0.05, 0) is 25.5 Å². The van der Waals surface area contributed by atoms with Crippen LogP contribution in [0.1, 0.15) is 29.7 Å². The molecule has 2 rings (SSSR count). The fraction of sp³-hybridized carbons (Fsp3) is 0.263. The van der Waals surface area contributed by atoms with Crippen LogP contribution in [0.5, 0.6) is 5.75 Å². The lowest BCUT2D eigenvalue weighted by Crippen LogP contribution is -2.18. The predicted molar refractivity (Wildman–Crippen MR) is 88.6 cm³/mol. The third-order valence-corrected chi connectivity index (χ3v) is 3.51. The van der Waals surface area contributed by atoms with Gasteiger partial charge in [0.1, 0.15) is 12.4 Å². The van der Waals surface area contributed by atoms with Gasteiger partial charge in [0.2, 0.25) is 0 Å². The van der Waals surface area contributed by atoms with Gasteiger partial charge in [0.25, 0.3) is 0 Å². The Hall–Kier alpha value is -2.06. The van der Waals surface area contributed by atoms with Crippen molar-refractivity contribution in [3.8, 4) is 5.75 Å². The molecule has 0 spiro atoms. The largest absolute Gasteiger partial charge is 0.489 e. The number of rotatable bonds is 7. The van der Waals surface area contributed by atoms with Crippen LogP contribution >= 0.6 is 0 Å². The van der Waals surface area contributed by atoms with Gasteiger partial charge in [-0.15, -0.1) is 0 Å². The molecule has 0 aliphatic rings. The van der Waals surface area contributed by atoms with E-state index >= 15 is 0 Å². The molecule has 2 aromatic rings. The van der Waals surface area contributed by atoms with Crippen LogP contribution in [-0.4, -0.2) is 6.61 Å². The van der Waals surface area contributed by atoms with Gasteiger partial charge >= 0.3 is 0 Å². The zero-order valence-electron chi connectivity index (χ0n) is 12.8. The number of para-hydroxylation sites is 1. The highest BCUT2D eigenvalue weighted by Crippen LogP contribution is 2.20. The predicted octanol–water partition coefficient (Wildman–Crippen LogP) is 4.41. The van der Waals surface area contributed by atoms with Crippen molar-refractivity contribution in [3.63, 3.8) is 0 Å². The van der Waals surface area contributed by atoms with Crippen LogP contribution in [0, 0.1) is 6.92 Å². The summed E-state index contributed by atoms with van der Waals surface area (Å²) in [6.45, 7) is 9.28. The van der Waals surface area contributed by atoms with Crippen molar-refractivity contribution in [3.05, 3.63) is 77.9 Å². The summed E-state index contributed by atoms with van der Waals surface area (Å²) in [5.74, 6) is 0.918. The van der Waals surface area contributed by atoms with Crippen molar-refractivity contribution < 1.29 is 4.74 Å². The van der Waals surface area contributed by atoms with E-state index in [1.807, 2.05) is 18.2 Å². The number of benzene rings is 2. The Labute approximate surface area is 127 Å². The standard InChI is InChI=1S/C19H23NO/c1-4-13-21-19-8-6-5-7-18(19)14-20-16(3)17-11-9-15(2)10-12-17/h4-12,16,20H,1,13-14H2,2-3H3/t16-/m1/s1. The van der Waals surface area contributed by atoms with Crippen LogP contribution < -0.4 is 10.1 Å². The van der Waals surface area contributed by atoms with Crippen molar-refractivity contribution in [1.29, 1.82) is 0 Å². The van der Waals surface area contributed by atoms with E-state index in [9.17, 15) is 0 Å². The van der Waals surface area contributed by atoms with E-state index in [1.54, 1.807) is 6.08 Å². The van der Waals surface area contributed by atoms with Gasteiger partial charge in [-0.25, -0.2) is 0 Å². The first-order valence-electron chi connectivity index (χ1n) is 7.32. The lowest BCUT2D eigenvalue weighted by molar-refractivity contribution is 0.357. The first kappa shape index (κ1) is 15.3. The molecule has 0 fully saturated rings. The quantitative estimate of drug-likeness (QED) is 0.759. The molecule has 21 heavy (non-hydrogen) atoms. The molecule has 1 N–H and O–H groups in total. The Morgan fingerprint density at radius 3 is 2.57 bits per heavy atom. The SMILES string of the molecule is C=CCOc1ccccc1CN[C@H](C)c1ccc(C)cc1. The summed E-state index contributed by atoms with van der Waals surface area (Å²) in [5, 5.41) is 3.55. The van der Waals surface area contributed by atoms with Crippen molar-refractivity contribution >= 4 is 0 Å². The molecular weight excluding hydrogens is 258 g/mol. The maximum Gasteiger partial charge on any atom is 0.124 e. The third-order valence-electron chi connectivity index (χ3n) is 3.51. The zero-order valence-corrected chi connectivity index (χ0v) is 12.8. The molecule has 1 atom stereocenters. The molecule has 2 nitrogen and oxygen atoms in total. The normalized spacial score (nSPS) is 11.9. The lowest BCUT2D eigenvalue weighted by Gasteiger charge is -2.16. The van der Waals surface area contributed by atoms with E-state index in [1.165, 1.54) is 16.7 Å². The van der Waals surface area contributed by atoms with E-state index in [-0.39, 0.29) is 0 Å². The molecule has 0 aromatic heterocycles. The van der Waals surface area contributed by atoms with E-state index in [2.05, 4.69) is 56.1 Å². The van der Waals surface area contributed by atoms with Gasteiger partial charge in [0.05, 0.1) is 0 Å². The van der Waals surface area contributed by atoms with Crippen molar-refractivity contribution in [1.82, 2.24) is 5.32 Å². The Kier molecular flexibility index (Phi) is 5.59. The molecule has 0 saturated heterocycles. The molecule has 2 aromatic carbocycles. The fourth-order valence-electron chi connectivity index (χ4n) is 2.18. The Morgan fingerprint density at radius 2 is 1.86 bits per heavy atom. The van der Waals surface area contributed by atoms with E-state index in [0.717, 1.165) is 12.3 Å². The minimum atomic E-state index is 0.304. The maximum atomic E-state index is 5.68. The summed E-state index contributed by atoms with van der Waals surface area (Å²) < 4.78 is 5.68. The monoisotopic (exact) mass is 281 g/mol. The Balaban J connectivity index is 1.99. The second-order valence-electron chi connectivity index (χ2n) is 5.22. The average molecular weight is 281 g/mol. The van der Waals surface area contributed by atoms with Gasteiger partial charge < -0.3 is 10.1 Å². The van der Waals surface area contributed by atoms with Crippen molar-refractivity contribution in [2.75, 3.05) is 6.61 Å². The van der Waals surface area contributed by atoms with Gasteiger partial charge in [-0.1, -0.05) is 60.7 Å². The lowest BCUT2D eigenvalue weighted by atomic mass is 10.1. The molecule has 0 bridgehead atoms. The van der Waals surface area contributed by atoms with E-state index < -0.39 is 0 Å². The number of hydrogen-bond acceptors (Lipinski definition) is 2. The fourth-order valence-corrected chi connectivity index (χ4v) is 2.18. The molecule has 2 heteroatoms. The maximum absolute atomic E-state index is 5.68. The zero-order chi connectivity index (χ0) is 15.1. The molecule has 0 radical (unpaired) electrons. The van der Waals surface area contributed by atoms with Crippen molar-refractivity contribution in [2.24, 2.45) is 0 Å². The summed E-state index contributed by atoms with van der Waals surface area (Å²) in [6, 6.07) is 17.1. The van der Waals surface area contributed by atoms with Crippen molar-refractivity contribution in [2.45, 2.75) is 26.4 Å². The topological polar surface area (TPSA) is 21.3 Å². The van der Waals surface area contributed by atoms with Crippen LogP contribution in [0.4, 0.5) is 0 Å². The van der Waals surface area contributed by atoms with E-state index in [4.69, 9.17) is 4.74 Å². The summed E-state index contributed by atoms with van der Waals surface area (Å²) in [5.41, 5.74) is 3.75. The highest BCUT2D eigenvalue weighted by Gasteiger charge is 2.07. The molecule has 110 valence electrons. The average Bonchev–Trinajstić information content (AvgIpc) is 2.52. The summed E-state index contributed by atoms with van der Waals surface area (Å²) in [4.78, 5) is 0. The van der Waals surface area contributed by atoms with E-state index in [0.29, 0.717) is 12.6 Å². The first-order valence-corrected chi connectivity index (χ1v) is 7.32. The molecule has 0 aliphatic carbocycles. The number of nitrogens with one attached hydrogen (secondary N) is 1.